The quantitative estimate of drug-likeness (QED) is 0.851. The Balaban J connectivity index is 2.38. The summed E-state index contributed by atoms with van der Waals surface area (Å²) in [6.45, 7) is 3.95. The van der Waals surface area contributed by atoms with Crippen molar-refractivity contribution in [2.24, 2.45) is 0 Å². The van der Waals surface area contributed by atoms with Gasteiger partial charge in [-0.3, -0.25) is 14.5 Å². The molecule has 1 heterocycles. The Morgan fingerprint density at radius 2 is 2.05 bits per heavy atom. The van der Waals surface area contributed by atoms with E-state index in [1.165, 1.54) is 0 Å². The zero-order chi connectivity index (χ0) is 15.4. The molecule has 21 heavy (non-hydrogen) atoms. The van der Waals surface area contributed by atoms with Crippen LogP contribution in [0.4, 0.5) is 5.69 Å². The number of thioether (sulfide) groups is 1. The van der Waals surface area contributed by atoms with Crippen molar-refractivity contribution < 1.29 is 9.59 Å². The highest BCUT2D eigenvalue weighted by Crippen LogP contribution is 2.27. The highest BCUT2D eigenvalue weighted by Gasteiger charge is 2.39. The first-order chi connectivity index (χ1) is 10.1. The molecule has 1 aromatic carbocycles. The summed E-state index contributed by atoms with van der Waals surface area (Å²) in [7, 11) is 0. The van der Waals surface area contributed by atoms with Gasteiger partial charge in [0.25, 0.3) is 0 Å². The van der Waals surface area contributed by atoms with Crippen LogP contribution >= 0.6 is 11.8 Å². The van der Waals surface area contributed by atoms with Crippen molar-refractivity contribution in [3.8, 4) is 0 Å². The van der Waals surface area contributed by atoms with Gasteiger partial charge in [-0.2, -0.15) is 0 Å². The van der Waals surface area contributed by atoms with Crippen LogP contribution in [0.15, 0.2) is 29.2 Å². The third-order valence-corrected chi connectivity index (χ3v) is 4.49. The Labute approximate surface area is 130 Å². The second-order valence-electron chi connectivity index (χ2n) is 5.18. The summed E-state index contributed by atoms with van der Waals surface area (Å²) in [6.07, 6.45) is 4.16. The normalized spacial score (nSPS) is 22.3. The topological polar surface area (TPSA) is 49.4 Å². The number of rotatable bonds is 5. The maximum Gasteiger partial charge on any atom is 0.250 e. The molecule has 5 heteroatoms. The van der Waals surface area contributed by atoms with Crippen molar-refractivity contribution in [2.45, 2.75) is 50.1 Å². The van der Waals surface area contributed by atoms with Crippen LogP contribution in [-0.2, 0) is 9.59 Å². The molecule has 114 valence electrons. The van der Waals surface area contributed by atoms with Crippen molar-refractivity contribution in [3.63, 3.8) is 0 Å². The summed E-state index contributed by atoms with van der Waals surface area (Å²) in [5.74, 6) is -0.0494. The molecular formula is C16H22N2O2S. The number of nitrogens with zero attached hydrogens (tertiary/aromatic N) is 1. The smallest absolute Gasteiger partial charge is 0.250 e. The van der Waals surface area contributed by atoms with Gasteiger partial charge in [-0.25, -0.2) is 0 Å². The minimum absolute atomic E-state index is 0.00144. The number of benzene rings is 1. The maximum absolute atomic E-state index is 12.7. The van der Waals surface area contributed by atoms with Crippen LogP contribution in [0.25, 0.3) is 0 Å². The van der Waals surface area contributed by atoms with Gasteiger partial charge in [-0.15, -0.1) is 11.8 Å². The average molecular weight is 306 g/mol. The Kier molecular flexibility index (Phi) is 5.28. The van der Waals surface area contributed by atoms with E-state index in [0.717, 1.165) is 17.0 Å². The molecule has 0 saturated carbocycles. The number of carbonyl (C=O) groups is 2. The molecular weight excluding hydrogens is 284 g/mol. The third-order valence-electron chi connectivity index (χ3n) is 3.76. The van der Waals surface area contributed by atoms with Crippen molar-refractivity contribution in [3.05, 3.63) is 24.3 Å². The molecule has 1 saturated heterocycles. The van der Waals surface area contributed by atoms with E-state index in [0.29, 0.717) is 12.8 Å². The second kappa shape index (κ2) is 6.98. The molecule has 2 unspecified atom stereocenters. The van der Waals surface area contributed by atoms with Crippen molar-refractivity contribution in [1.29, 1.82) is 0 Å². The van der Waals surface area contributed by atoms with Crippen LogP contribution < -0.4 is 10.2 Å². The van der Waals surface area contributed by atoms with Crippen molar-refractivity contribution in [2.75, 3.05) is 11.2 Å². The number of hydrogen-bond acceptors (Lipinski definition) is 3. The molecule has 0 aliphatic carbocycles. The second-order valence-corrected chi connectivity index (χ2v) is 6.06. The maximum atomic E-state index is 12.7. The van der Waals surface area contributed by atoms with Gasteiger partial charge in [0.1, 0.15) is 12.1 Å². The monoisotopic (exact) mass is 306 g/mol. The zero-order valence-corrected chi connectivity index (χ0v) is 13.6. The first-order valence-electron chi connectivity index (χ1n) is 7.39. The molecule has 0 radical (unpaired) electrons. The lowest BCUT2D eigenvalue weighted by Gasteiger charge is -2.38. The van der Waals surface area contributed by atoms with Crippen LogP contribution in [0.1, 0.15) is 33.1 Å². The first-order valence-corrected chi connectivity index (χ1v) is 8.62. The molecule has 4 nitrogen and oxygen atoms in total. The van der Waals surface area contributed by atoms with Crippen LogP contribution in [0.5, 0.6) is 0 Å². The predicted molar refractivity (Wildman–Crippen MR) is 86.6 cm³/mol. The SMILES string of the molecule is CCCC1NC(=O)C(CC)N(c2cccc(SC)c2)C1=O. The van der Waals surface area contributed by atoms with Crippen LogP contribution in [0.3, 0.4) is 0 Å². The summed E-state index contributed by atoms with van der Waals surface area (Å²) in [5.41, 5.74) is 0.814. The number of nitrogens with one attached hydrogen (secondary N) is 1. The van der Waals surface area contributed by atoms with Crippen LogP contribution in [-0.4, -0.2) is 30.2 Å². The molecule has 0 spiro atoms. The van der Waals surface area contributed by atoms with Crippen molar-refractivity contribution in [1.82, 2.24) is 5.32 Å². The fourth-order valence-corrected chi connectivity index (χ4v) is 3.14. The number of carbonyl (C=O) groups excluding carboxylic acids is 2. The number of amides is 2. The van der Waals surface area contributed by atoms with E-state index in [1.54, 1.807) is 16.7 Å². The Morgan fingerprint density at radius 3 is 2.67 bits per heavy atom. The van der Waals surface area contributed by atoms with Gasteiger partial charge in [-0.05, 0) is 37.3 Å². The number of piperazine rings is 1. The highest BCUT2D eigenvalue weighted by molar-refractivity contribution is 7.98. The average Bonchev–Trinajstić information content (AvgIpc) is 2.50. The summed E-state index contributed by atoms with van der Waals surface area (Å²) in [5, 5.41) is 2.86. The molecule has 1 aromatic rings. The molecule has 1 N–H and O–H groups in total. The lowest BCUT2D eigenvalue weighted by Crippen LogP contribution is -2.63. The Hall–Kier alpha value is -1.49. The van der Waals surface area contributed by atoms with Gasteiger partial charge in [0.05, 0.1) is 0 Å². The van der Waals surface area contributed by atoms with E-state index in [1.807, 2.05) is 44.4 Å². The highest BCUT2D eigenvalue weighted by atomic mass is 32.2. The zero-order valence-electron chi connectivity index (χ0n) is 12.8. The molecule has 1 aliphatic heterocycles. The summed E-state index contributed by atoms with van der Waals surface area (Å²) < 4.78 is 0. The molecule has 2 amide bonds. The molecule has 1 fully saturated rings. The molecule has 2 atom stereocenters. The molecule has 0 bridgehead atoms. The standard InChI is InChI=1S/C16H22N2O2S/c1-4-7-13-16(20)18(14(5-2)15(19)17-13)11-8-6-9-12(10-11)21-3/h6,8-10,13-14H,4-5,7H2,1-3H3,(H,17,19). The first kappa shape index (κ1) is 15.9. The van der Waals surface area contributed by atoms with E-state index in [9.17, 15) is 9.59 Å². The summed E-state index contributed by atoms with van der Waals surface area (Å²) >= 11 is 1.63. The minimum atomic E-state index is -0.414. The van der Waals surface area contributed by atoms with Gasteiger partial charge in [0.2, 0.25) is 11.8 Å². The van der Waals surface area contributed by atoms with E-state index < -0.39 is 12.1 Å². The largest absolute Gasteiger partial charge is 0.342 e. The van der Waals surface area contributed by atoms with Crippen molar-refractivity contribution >= 4 is 29.3 Å². The number of hydrogen-bond donors (Lipinski definition) is 1. The van der Waals surface area contributed by atoms with E-state index in [4.69, 9.17) is 0 Å². The lowest BCUT2D eigenvalue weighted by molar-refractivity contribution is -0.134. The summed E-state index contributed by atoms with van der Waals surface area (Å²) in [6, 6.07) is 7.01. The van der Waals surface area contributed by atoms with E-state index in [-0.39, 0.29) is 11.8 Å². The third kappa shape index (κ3) is 3.23. The lowest BCUT2D eigenvalue weighted by atomic mass is 10.0. The fourth-order valence-electron chi connectivity index (χ4n) is 2.69. The van der Waals surface area contributed by atoms with Crippen LogP contribution in [0.2, 0.25) is 0 Å². The van der Waals surface area contributed by atoms with E-state index in [2.05, 4.69) is 5.32 Å². The molecule has 0 aromatic heterocycles. The van der Waals surface area contributed by atoms with Crippen LogP contribution in [0, 0.1) is 0 Å². The number of anilines is 1. The molecule has 2 rings (SSSR count). The van der Waals surface area contributed by atoms with Gasteiger partial charge in [-0.1, -0.05) is 26.3 Å². The summed E-state index contributed by atoms with van der Waals surface area (Å²) in [4.78, 5) is 27.8. The van der Waals surface area contributed by atoms with Gasteiger partial charge in [0.15, 0.2) is 0 Å². The van der Waals surface area contributed by atoms with E-state index >= 15 is 0 Å². The Morgan fingerprint density at radius 1 is 1.29 bits per heavy atom. The fraction of sp³-hybridized carbons (Fsp3) is 0.500. The Bertz CT molecular complexity index is 533. The minimum Gasteiger partial charge on any atom is -0.342 e. The predicted octanol–water partition coefficient (Wildman–Crippen LogP) is 2.82. The van der Waals surface area contributed by atoms with Gasteiger partial charge >= 0.3 is 0 Å². The molecule has 1 aliphatic rings. The van der Waals surface area contributed by atoms with Gasteiger partial charge in [0, 0.05) is 10.6 Å². The van der Waals surface area contributed by atoms with Gasteiger partial charge < -0.3 is 5.32 Å².